The summed E-state index contributed by atoms with van der Waals surface area (Å²) in [5.74, 6) is -1.38. The van der Waals surface area contributed by atoms with Crippen LogP contribution >= 0.6 is 0 Å². The van der Waals surface area contributed by atoms with Gasteiger partial charge in [0.1, 0.15) is 16.5 Å². The van der Waals surface area contributed by atoms with Crippen LogP contribution in [0, 0.1) is 17.1 Å². The second-order valence-electron chi connectivity index (χ2n) is 9.63. The lowest BCUT2D eigenvalue weighted by Crippen LogP contribution is -2.55. The molecule has 1 aliphatic carbocycles. The summed E-state index contributed by atoms with van der Waals surface area (Å²) in [5, 5.41) is 15.8. The topological polar surface area (TPSA) is 172 Å². The van der Waals surface area contributed by atoms with E-state index in [1.54, 1.807) is 17.3 Å². The van der Waals surface area contributed by atoms with Crippen LogP contribution in [0.25, 0.3) is 5.65 Å². The van der Waals surface area contributed by atoms with Crippen molar-refractivity contribution in [1.82, 2.24) is 23.9 Å². The smallest absolute Gasteiger partial charge is 0.263 e. The SMILES string of the molecule is N#CC1(c2cnc3c(C(=O)Nc4cncc(F)c4N4CCN(S(=O)(=O)C5COC5)CC4)c(N)nn3c2)CC1. The monoisotopic (exact) mass is 541 g/mol. The zero-order valence-corrected chi connectivity index (χ0v) is 21.0. The second kappa shape index (κ2) is 8.86. The molecule has 3 fully saturated rings. The van der Waals surface area contributed by atoms with Crippen molar-refractivity contribution in [3.05, 3.63) is 41.7 Å². The Hall–Kier alpha value is -3.87. The number of carbonyl (C=O) groups is 1. The van der Waals surface area contributed by atoms with Crippen LogP contribution in [-0.2, 0) is 20.2 Å². The van der Waals surface area contributed by atoms with Gasteiger partial charge in [0.25, 0.3) is 5.91 Å². The summed E-state index contributed by atoms with van der Waals surface area (Å²) in [7, 11) is -3.48. The van der Waals surface area contributed by atoms with E-state index in [2.05, 4.69) is 26.5 Å². The maximum atomic E-state index is 15.0. The molecule has 0 unspecified atom stereocenters. The van der Waals surface area contributed by atoms with Crippen LogP contribution in [-0.4, -0.2) is 82.9 Å². The number of nitrogens with two attached hydrogens (primary N) is 1. The number of nitrogen functional groups attached to an aromatic ring is 1. The van der Waals surface area contributed by atoms with E-state index in [0.29, 0.717) is 5.56 Å². The lowest BCUT2D eigenvalue weighted by Gasteiger charge is -2.39. The van der Waals surface area contributed by atoms with Crippen LogP contribution in [0.3, 0.4) is 0 Å². The Labute approximate surface area is 217 Å². The summed E-state index contributed by atoms with van der Waals surface area (Å²) < 4.78 is 48.2. The summed E-state index contributed by atoms with van der Waals surface area (Å²) in [6.07, 6.45) is 7.00. The number of pyridine rings is 1. The molecule has 3 aromatic heterocycles. The quantitative estimate of drug-likeness (QED) is 0.448. The number of hydrogen-bond acceptors (Lipinski definition) is 10. The van der Waals surface area contributed by atoms with Crippen molar-refractivity contribution in [3.8, 4) is 6.07 Å². The first-order valence-electron chi connectivity index (χ1n) is 12.1. The number of sulfonamides is 1. The number of aromatic nitrogens is 4. The van der Waals surface area contributed by atoms with Gasteiger partial charge >= 0.3 is 0 Å². The number of anilines is 3. The van der Waals surface area contributed by atoms with E-state index in [1.165, 1.54) is 15.0 Å². The van der Waals surface area contributed by atoms with Gasteiger partial charge in [-0.1, -0.05) is 0 Å². The first-order chi connectivity index (χ1) is 18.2. The molecule has 1 saturated carbocycles. The molecule has 1 amide bonds. The maximum absolute atomic E-state index is 15.0. The van der Waals surface area contributed by atoms with Crippen LogP contribution in [0.1, 0.15) is 28.8 Å². The van der Waals surface area contributed by atoms with Gasteiger partial charge in [0.15, 0.2) is 17.3 Å². The number of nitrogens with one attached hydrogen (secondary N) is 1. The number of nitrogens with zero attached hydrogens (tertiary/aromatic N) is 7. The molecule has 3 N–H and O–H groups in total. The van der Waals surface area contributed by atoms with Crippen molar-refractivity contribution < 1.29 is 22.3 Å². The first-order valence-corrected chi connectivity index (χ1v) is 13.6. The van der Waals surface area contributed by atoms with E-state index < -0.39 is 32.4 Å². The summed E-state index contributed by atoms with van der Waals surface area (Å²) in [6, 6.07) is 2.29. The highest BCUT2D eigenvalue weighted by molar-refractivity contribution is 7.89. The minimum absolute atomic E-state index is 0.00666. The molecule has 5 heterocycles. The van der Waals surface area contributed by atoms with Crippen LogP contribution in [0.4, 0.5) is 21.6 Å². The van der Waals surface area contributed by atoms with Crippen LogP contribution in [0.2, 0.25) is 0 Å². The third-order valence-corrected chi connectivity index (χ3v) is 9.51. The van der Waals surface area contributed by atoms with Crippen molar-refractivity contribution in [2.75, 3.05) is 55.3 Å². The molecule has 2 saturated heterocycles. The maximum Gasteiger partial charge on any atom is 0.263 e. The minimum atomic E-state index is -3.48. The molecule has 3 aromatic rings. The summed E-state index contributed by atoms with van der Waals surface area (Å²) in [6.45, 7) is 1.15. The third kappa shape index (κ3) is 3.92. The Morgan fingerprint density at radius 3 is 2.58 bits per heavy atom. The molecule has 38 heavy (non-hydrogen) atoms. The summed E-state index contributed by atoms with van der Waals surface area (Å²) in [5.41, 5.74) is 6.58. The number of hydrogen-bond donors (Lipinski definition) is 2. The second-order valence-corrected chi connectivity index (χ2v) is 11.8. The average molecular weight is 542 g/mol. The van der Waals surface area contributed by atoms with Gasteiger partial charge in [-0.05, 0) is 12.8 Å². The molecule has 6 rings (SSSR count). The molecule has 0 atom stereocenters. The van der Waals surface area contributed by atoms with Gasteiger partial charge in [0, 0.05) is 44.1 Å². The summed E-state index contributed by atoms with van der Waals surface area (Å²) >= 11 is 0. The number of ether oxygens (including phenoxy) is 1. The Bertz CT molecular complexity index is 1590. The number of fused-ring (bicyclic) bond motifs is 1. The fourth-order valence-electron chi connectivity index (χ4n) is 4.80. The minimum Gasteiger partial charge on any atom is -0.381 e. The van der Waals surface area contributed by atoms with Crippen molar-refractivity contribution in [1.29, 1.82) is 5.26 Å². The molecule has 15 heteroatoms. The van der Waals surface area contributed by atoms with Gasteiger partial charge in [-0.3, -0.25) is 9.78 Å². The summed E-state index contributed by atoms with van der Waals surface area (Å²) in [4.78, 5) is 23.2. The third-order valence-electron chi connectivity index (χ3n) is 7.31. The molecule has 3 aliphatic rings. The predicted octanol–water partition coefficient (Wildman–Crippen LogP) is 0.504. The lowest BCUT2D eigenvalue weighted by molar-refractivity contribution is 0.0391. The zero-order chi connectivity index (χ0) is 26.7. The van der Waals surface area contributed by atoms with Gasteiger partial charge in [-0.15, -0.1) is 5.10 Å². The van der Waals surface area contributed by atoms with Crippen molar-refractivity contribution >= 4 is 38.8 Å². The molecule has 13 nitrogen and oxygen atoms in total. The number of carbonyl (C=O) groups excluding carboxylic acids is 1. The fraction of sp³-hybridized carbons (Fsp3) is 0.435. The van der Waals surface area contributed by atoms with Crippen molar-refractivity contribution in [2.24, 2.45) is 0 Å². The number of nitriles is 1. The Kier molecular flexibility index (Phi) is 5.70. The lowest BCUT2D eigenvalue weighted by atomic mass is 10.0. The van der Waals surface area contributed by atoms with Crippen LogP contribution < -0.4 is 16.0 Å². The zero-order valence-electron chi connectivity index (χ0n) is 20.2. The van der Waals surface area contributed by atoms with E-state index in [1.807, 2.05) is 0 Å². The van der Waals surface area contributed by atoms with Gasteiger partial charge in [0.2, 0.25) is 10.0 Å². The predicted molar refractivity (Wildman–Crippen MR) is 133 cm³/mol. The van der Waals surface area contributed by atoms with E-state index in [4.69, 9.17) is 10.5 Å². The highest BCUT2D eigenvalue weighted by Gasteiger charge is 2.46. The van der Waals surface area contributed by atoms with Crippen molar-refractivity contribution in [3.63, 3.8) is 0 Å². The molecule has 0 radical (unpaired) electrons. The number of halogens is 1. The van der Waals surface area contributed by atoms with E-state index >= 15 is 0 Å². The van der Waals surface area contributed by atoms with Crippen LogP contribution in [0.15, 0.2) is 24.8 Å². The Morgan fingerprint density at radius 1 is 1.21 bits per heavy atom. The highest BCUT2D eigenvalue weighted by Crippen LogP contribution is 2.47. The number of piperazine rings is 1. The molecular weight excluding hydrogens is 517 g/mol. The van der Waals surface area contributed by atoms with E-state index in [0.717, 1.165) is 19.0 Å². The molecule has 0 aromatic carbocycles. The Morgan fingerprint density at radius 2 is 1.95 bits per heavy atom. The van der Waals surface area contributed by atoms with Gasteiger partial charge < -0.3 is 20.7 Å². The first kappa shape index (κ1) is 24.5. The van der Waals surface area contributed by atoms with E-state index in [9.17, 15) is 22.9 Å². The molecular formula is C23H24FN9O4S. The van der Waals surface area contributed by atoms with Gasteiger partial charge in [-0.25, -0.2) is 22.3 Å². The molecule has 2 aliphatic heterocycles. The van der Waals surface area contributed by atoms with Crippen LogP contribution in [0.5, 0.6) is 0 Å². The molecule has 0 bridgehead atoms. The molecule has 0 spiro atoms. The van der Waals surface area contributed by atoms with Crippen molar-refractivity contribution in [2.45, 2.75) is 23.5 Å². The normalized spacial score (nSPS) is 19.6. The standard InChI is InChI=1S/C23H24FN9O4S/c24-16-8-27-9-17(19(16)31-3-5-32(6-4-31)38(35,36)15-11-37-12-15)29-22(34)18-20(26)30-33-10-14(7-28-21(18)33)23(13-25)1-2-23/h7-10,15H,1-6,11-12H2,(H2,26,30)(H,29,34). The molecule has 198 valence electrons. The highest BCUT2D eigenvalue weighted by atomic mass is 32.2. The number of rotatable bonds is 6. The Balaban J connectivity index is 1.24. The average Bonchev–Trinajstić information content (AvgIpc) is 3.58. The largest absolute Gasteiger partial charge is 0.381 e. The van der Waals surface area contributed by atoms with Gasteiger partial charge in [-0.2, -0.15) is 9.57 Å². The van der Waals surface area contributed by atoms with Gasteiger partial charge in [0.05, 0.1) is 42.8 Å². The fourth-order valence-corrected chi connectivity index (χ4v) is 6.43. The van der Waals surface area contributed by atoms with E-state index in [-0.39, 0.29) is 67.8 Å². The number of amides is 1.